The molecule has 54 valence electrons. The van der Waals surface area contributed by atoms with E-state index in [1.165, 1.54) is 0 Å². The van der Waals surface area contributed by atoms with Crippen LogP contribution in [-0.2, 0) is 0 Å². The molecule has 1 aliphatic rings. The van der Waals surface area contributed by atoms with Gasteiger partial charge in [0.25, 0.3) is 0 Å². The molecular formula is C6H14N2O. The van der Waals surface area contributed by atoms with E-state index in [2.05, 4.69) is 0 Å². The Morgan fingerprint density at radius 2 is 1.89 bits per heavy atom. The van der Waals surface area contributed by atoms with Gasteiger partial charge in [-0.1, -0.05) is 0 Å². The number of aliphatic hydroxyl groups is 1. The second-order valence-corrected chi connectivity index (χ2v) is 2.80. The average Bonchev–Trinajstić information content (AvgIpc) is 1.80. The summed E-state index contributed by atoms with van der Waals surface area (Å²) in [5.41, 5.74) is 11.1. The van der Waals surface area contributed by atoms with Gasteiger partial charge in [0.2, 0.25) is 0 Å². The fourth-order valence-corrected chi connectivity index (χ4v) is 1.20. The van der Waals surface area contributed by atoms with Crippen molar-refractivity contribution in [2.24, 2.45) is 11.5 Å². The van der Waals surface area contributed by atoms with Crippen molar-refractivity contribution in [3.63, 3.8) is 0 Å². The van der Waals surface area contributed by atoms with Gasteiger partial charge in [-0.15, -0.1) is 0 Å². The Bertz CT molecular complexity index is 97.1. The Balaban J connectivity index is 2.35. The molecule has 0 saturated heterocycles. The lowest BCUT2D eigenvalue weighted by Gasteiger charge is -2.28. The van der Waals surface area contributed by atoms with Crippen LogP contribution in [0.15, 0.2) is 0 Å². The van der Waals surface area contributed by atoms with E-state index in [1.54, 1.807) is 0 Å². The summed E-state index contributed by atoms with van der Waals surface area (Å²) in [4.78, 5) is 0. The van der Waals surface area contributed by atoms with Gasteiger partial charge in [-0.25, -0.2) is 0 Å². The van der Waals surface area contributed by atoms with E-state index in [-0.39, 0.29) is 18.2 Å². The summed E-state index contributed by atoms with van der Waals surface area (Å²) in [5.74, 6) is 0. The van der Waals surface area contributed by atoms with E-state index in [1.807, 2.05) is 0 Å². The van der Waals surface area contributed by atoms with Gasteiger partial charge in [0.05, 0.1) is 6.10 Å². The molecule has 1 saturated carbocycles. The number of hydrogen-bond donors (Lipinski definition) is 3. The first-order valence-corrected chi connectivity index (χ1v) is 3.39. The molecule has 1 fully saturated rings. The summed E-state index contributed by atoms with van der Waals surface area (Å²) >= 11 is 0. The molecular weight excluding hydrogens is 116 g/mol. The Labute approximate surface area is 55.0 Å². The molecule has 3 heteroatoms. The maximum Gasteiger partial charge on any atom is 0.0705 e. The van der Waals surface area contributed by atoms with Crippen LogP contribution in [0.4, 0.5) is 0 Å². The van der Waals surface area contributed by atoms with Gasteiger partial charge in [-0.3, -0.25) is 0 Å². The molecule has 3 nitrogen and oxygen atoms in total. The fourth-order valence-electron chi connectivity index (χ4n) is 1.20. The van der Waals surface area contributed by atoms with Crippen molar-refractivity contribution < 1.29 is 5.11 Å². The molecule has 0 amide bonds. The Morgan fingerprint density at radius 3 is 2.33 bits per heavy atom. The van der Waals surface area contributed by atoms with Crippen LogP contribution in [-0.4, -0.2) is 23.3 Å². The van der Waals surface area contributed by atoms with E-state index in [0.29, 0.717) is 6.42 Å². The lowest BCUT2D eigenvalue weighted by molar-refractivity contribution is 0.0993. The SMILES string of the molecule is N[C@@H]1CC[C@@H](N)C(O)C1. The monoisotopic (exact) mass is 130 g/mol. The highest BCUT2D eigenvalue weighted by Crippen LogP contribution is 2.15. The van der Waals surface area contributed by atoms with E-state index >= 15 is 0 Å². The predicted octanol–water partition coefficient (Wildman–Crippen LogP) is -0.814. The molecule has 0 heterocycles. The molecule has 1 unspecified atom stereocenters. The zero-order valence-electron chi connectivity index (χ0n) is 5.46. The van der Waals surface area contributed by atoms with Gasteiger partial charge >= 0.3 is 0 Å². The molecule has 0 aromatic heterocycles. The van der Waals surface area contributed by atoms with Gasteiger partial charge in [0.15, 0.2) is 0 Å². The van der Waals surface area contributed by atoms with Gasteiger partial charge in [-0.2, -0.15) is 0 Å². The summed E-state index contributed by atoms with van der Waals surface area (Å²) in [5, 5.41) is 9.14. The maximum atomic E-state index is 9.14. The lowest BCUT2D eigenvalue weighted by Crippen LogP contribution is -2.44. The number of aliphatic hydroxyl groups excluding tert-OH is 1. The van der Waals surface area contributed by atoms with Crippen LogP contribution in [0.3, 0.4) is 0 Å². The van der Waals surface area contributed by atoms with Gasteiger partial charge in [0.1, 0.15) is 0 Å². The number of nitrogens with two attached hydrogens (primary N) is 2. The van der Waals surface area contributed by atoms with Crippen molar-refractivity contribution in [3.8, 4) is 0 Å². The van der Waals surface area contributed by atoms with Gasteiger partial charge in [0, 0.05) is 12.1 Å². The minimum Gasteiger partial charge on any atom is -0.391 e. The molecule has 0 bridgehead atoms. The molecule has 0 aromatic carbocycles. The molecule has 0 aromatic rings. The van der Waals surface area contributed by atoms with Gasteiger partial charge < -0.3 is 16.6 Å². The largest absolute Gasteiger partial charge is 0.391 e. The Morgan fingerprint density at radius 1 is 1.22 bits per heavy atom. The van der Waals surface area contributed by atoms with Crippen molar-refractivity contribution in [2.45, 2.75) is 37.5 Å². The fraction of sp³-hybridized carbons (Fsp3) is 1.00. The standard InChI is InChI=1S/C6H14N2O/c7-4-1-2-5(8)6(9)3-4/h4-6,9H,1-3,7-8H2/t4-,5-,6?/m1/s1. The zero-order valence-corrected chi connectivity index (χ0v) is 5.46. The van der Waals surface area contributed by atoms with E-state index in [4.69, 9.17) is 16.6 Å². The van der Waals surface area contributed by atoms with Crippen molar-refractivity contribution in [1.29, 1.82) is 0 Å². The predicted molar refractivity (Wildman–Crippen MR) is 35.8 cm³/mol. The first-order chi connectivity index (χ1) is 4.20. The molecule has 9 heavy (non-hydrogen) atoms. The summed E-state index contributed by atoms with van der Waals surface area (Å²) < 4.78 is 0. The van der Waals surface area contributed by atoms with Crippen LogP contribution in [0.5, 0.6) is 0 Å². The minimum atomic E-state index is -0.367. The molecule has 0 radical (unpaired) electrons. The van der Waals surface area contributed by atoms with Crippen molar-refractivity contribution >= 4 is 0 Å². The number of rotatable bonds is 0. The minimum absolute atomic E-state index is 0.0372. The summed E-state index contributed by atoms with van der Waals surface area (Å²) in [7, 11) is 0. The number of hydrogen-bond acceptors (Lipinski definition) is 3. The van der Waals surface area contributed by atoms with Crippen LogP contribution in [0.25, 0.3) is 0 Å². The lowest BCUT2D eigenvalue weighted by atomic mass is 9.90. The molecule has 3 atom stereocenters. The third-order valence-corrected chi connectivity index (χ3v) is 1.91. The smallest absolute Gasteiger partial charge is 0.0705 e. The van der Waals surface area contributed by atoms with Crippen LogP contribution >= 0.6 is 0 Å². The summed E-state index contributed by atoms with van der Waals surface area (Å²) in [6, 6.07) is 0.129. The summed E-state index contributed by atoms with van der Waals surface area (Å²) in [6.07, 6.45) is 2.12. The normalized spacial score (nSPS) is 45.0. The zero-order chi connectivity index (χ0) is 6.85. The molecule has 0 aliphatic heterocycles. The van der Waals surface area contributed by atoms with Crippen LogP contribution in [0, 0.1) is 0 Å². The third kappa shape index (κ3) is 1.64. The Kier molecular flexibility index (Phi) is 2.05. The van der Waals surface area contributed by atoms with E-state index in [0.717, 1.165) is 12.8 Å². The molecule has 0 spiro atoms. The molecule has 5 N–H and O–H groups in total. The highest BCUT2D eigenvalue weighted by molar-refractivity contribution is 4.83. The molecule has 1 rings (SSSR count). The molecule has 1 aliphatic carbocycles. The topological polar surface area (TPSA) is 72.3 Å². The Hall–Kier alpha value is -0.120. The van der Waals surface area contributed by atoms with Gasteiger partial charge in [-0.05, 0) is 19.3 Å². The average molecular weight is 130 g/mol. The van der Waals surface area contributed by atoms with Crippen LogP contribution in [0.1, 0.15) is 19.3 Å². The van der Waals surface area contributed by atoms with Crippen molar-refractivity contribution in [2.75, 3.05) is 0 Å². The van der Waals surface area contributed by atoms with Crippen LogP contribution in [0.2, 0.25) is 0 Å². The second kappa shape index (κ2) is 2.64. The van der Waals surface area contributed by atoms with Crippen LogP contribution < -0.4 is 11.5 Å². The quantitative estimate of drug-likeness (QED) is 0.401. The highest BCUT2D eigenvalue weighted by atomic mass is 16.3. The maximum absolute atomic E-state index is 9.14. The van der Waals surface area contributed by atoms with Crippen molar-refractivity contribution in [3.05, 3.63) is 0 Å². The van der Waals surface area contributed by atoms with Crippen molar-refractivity contribution in [1.82, 2.24) is 0 Å². The summed E-state index contributed by atoms with van der Waals surface area (Å²) in [6.45, 7) is 0. The van der Waals surface area contributed by atoms with E-state index in [9.17, 15) is 0 Å². The van der Waals surface area contributed by atoms with E-state index < -0.39 is 0 Å². The first kappa shape index (κ1) is 6.99. The third-order valence-electron chi connectivity index (χ3n) is 1.91. The highest BCUT2D eigenvalue weighted by Gasteiger charge is 2.23. The first-order valence-electron chi connectivity index (χ1n) is 3.39. The second-order valence-electron chi connectivity index (χ2n) is 2.80.